The molecular formula is C7H16N2O2. The molecule has 0 aromatic carbocycles. The molecule has 0 aromatic rings. The number of ether oxygens (including phenoxy) is 2. The molecule has 1 saturated heterocycles. The monoisotopic (exact) mass is 160 g/mol. The summed E-state index contributed by atoms with van der Waals surface area (Å²) in [5.41, 5.74) is 10.9. The van der Waals surface area contributed by atoms with Crippen molar-refractivity contribution in [3.05, 3.63) is 0 Å². The fourth-order valence-corrected chi connectivity index (χ4v) is 1.20. The molecule has 0 bridgehead atoms. The zero-order chi connectivity index (χ0) is 8.27. The summed E-state index contributed by atoms with van der Waals surface area (Å²) in [6, 6.07) is 0. The summed E-state index contributed by atoms with van der Waals surface area (Å²) in [6.45, 7) is 2.98. The predicted octanol–water partition coefficient (Wildman–Crippen LogP) is -0.576. The Kier molecular flexibility index (Phi) is 3.26. The van der Waals surface area contributed by atoms with Crippen LogP contribution in [0.5, 0.6) is 0 Å². The maximum absolute atomic E-state index is 5.46. The minimum Gasteiger partial charge on any atom is -0.345 e. The van der Waals surface area contributed by atoms with E-state index in [1.165, 1.54) is 0 Å². The van der Waals surface area contributed by atoms with E-state index in [4.69, 9.17) is 20.9 Å². The molecule has 1 heterocycles. The van der Waals surface area contributed by atoms with Gasteiger partial charge in [-0.25, -0.2) is 0 Å². The number of hydrogen-bond acceptors (Lipinski definition) is 4. The second-order valence-corrected chi connectivity index (χ2v) is 2.66. The van der Waals surface area contributed by atoms with Crippen molar-refractivity contribution in [2.24, 2.45) is 11.5 Å². The third kappa shape index (κ3) is 1.90. The van der Waals surface area contributed by atoms with Crippen molar-refractivity contribution in [3.8, 4) is 0 Å². The average Bonchev–Trinajstić information content (AvgIpc) is 2.46. The third-order valence-electron chi connectivity index (χ3n) is 1.87. The Hall–Kier alpha value is -0.160. The average molecular weight is 160 g/mol. The highest BCUT2D eigenvalue weighted by Gasteiger charge is 2.32. The van der Waals surface area contributed by atoms with Gasteiger partial charge in [0, 0.05) is 13.1 Å². The summed E-state index contributed by atoms with van der Waals surface area (Å²) in [5, 5.41) is 0. The minimum atomic E-state index is -0.0999. The van der Waals surface area contributed by atoms with Crippen molar-refractivity contribution in [2.75, 3.05) is 13.1 Å². The first-order chi connectivity index (χ1) is 5.31. The van der Waals surface area contributed by atoms with Gasteiger partial charge in [0.1, 0.15) is 12.2 Å². The molecule has 2 atom stereocenters. The SMILES string of the molecule is CCC1O[C@@H](CN)[C@H](CN)O1. The Morgan fingerprint density at radius 3 is 1.82 bits per heavy atom. The molecule has 0 unspecified atom stereocenters. The molecule has 4 N–H and O–H groups in total. The van der Waals surface area contributed by atoms with Gasteiger partial charge in [-0.2, -0.15) is 0 Å². The van der Waals surface area contributed by atoms with Gasteiger partial charge in [-0.1, -0.05) is 6.92 Å². The highest BCUT2D eigenvalue weighted by Crippen LogP contribution is 2.19. The minimum absolute atomic E-state index is 0.00931. The topological polar surface area (TPSA) is 70.5 Å². The number of rotatable bonds is 3. The van der Waals surface area contributed by atoms with Crippen LogP contribution in [0, 0.1) is 0 Å². The second-order valence-electron chi connectivity index (χ2n) is 2.66. The van der Waals surface area contributed by atoms with Crippen LogP contribution in [-0.2, 0) is 9.47 Å². The molecule has 0 radical (unpaired) electrons. The number of hydrogen-bond donors (Lipinski definition) is 2. The molecule has 0 saturated carbocycles. The predicted molar refractivity (Wildman–Crippen MR) is 41.9 cm³/mol. The van der Waals surface area contributed by atoms with E-state index in [0.29, 0.717) is 13.1 Å². The van der Waals surface area contributed by atoms with Crippen LogP contribution in [-0.4, -0.2) is 31.6 Å². The van der Waals surface area contributed by atoms with E-state index in [1.54, 1.807) is 0 Å². The third-order valence-corrected chi connectivity index (χ3v) is 1.87. The highest BCUT2D eigenvalue weighted by atomic mass is 16.7. The van der Waals surface area contributed by atoms with E-state index in [2.05, 4.69) is 0 Å². The molecule has 1 rings (SSSR count). The van der Waals surface area contributed by atoms with Crippen LogP contribution in [0.15, 0.2) is 0 Å². The highest BCUT2D eigenvalue weighted by molar-refractivity contribution is 4.78. The van der Waals surface area contributed by atoms with Gasteiger partial charge in [0.25, 0.3) is 0 Å². The maximum Gasteiger partial charge on any atom is 0.158 e. The molecule has 0 amide bonds. The first-order valence-corrected chi connectivity index (χ1v) is 4.02. The lowest BCUT2D eigenvalue weighted by Crippen LogP contribution is -2.35. The molecule has 66 valence electrons. The van der Waals surface area contributed by atoms with Crippen molar-refractivity contribution in [2.45, 2.75) is 31.8 Å². The second kappa shape index (κ2) is 4.01. The van der Waals surface area contributed by atoms with Gasteiger partial charge in [0.2, 0.25) is 0 Å². The Labute approximate surface area is 66.8 Å². The summed E-state index contributed by atoms with van der Waals surface area (Å²) in [7, 11) is 0. The fourth-order valence-electron chi connectivity index (χ4n) is 1.20. The van der Waals surface area contributed by atoms with Gasteiger partial charge < -0.3 is 20.9 Å². The quantitative estimate of drug-likeness (QED) is 0.579. The molecule has 0 aliphatic carbocycles. The van der Waals surface area contributed by atoms with Gasteiger partial charge in [-0.3, -0.25) is 0 Å². The van der Waals surface area contributed by atoms with Gasteiger partial charge in [-0.05, 0) is 6.42 Å². The Morgan fingerprint density at radius 2 is 1.55 bits per heavy atom. The fraction of sp³-hybridized carbons (Fsp3) is 1.00. The molecule has 1 aliphatic heterocycles. The molecule has 11 heavy (non-hydrogen) atoms. The standard InChI is InChI=1S/C7H16N2O2/c1-2-7-10-5(3-8)6(4-9)11-7/h5-7H,2-4,8-9H2,1H3/t5-,6-/m0/s1. The summed E-state index contributed by atoms with van der Waals surface area (Å²) in [5.74, 6) is 0. The molecule has 0 aromatic heterocycles. The summed E-state index contributed by atoms with van der Waals surface area (Å²) < 4.78 is 10.9. The van der Waals surface area contributed by atoms with Crippen LogP contribution in [0.2, 0.25) is 0 Å². The lowest BCUT2D eigenvalue weighted by atomic mass is 10.2. The lowest BCUT2D eigenvalue weighted by molar-refractivity contribution is -0.0652. The Bertz CT molecular complexity index is 109. The summed E-state index contributed by atoms with van der Waals surface area (Å²) in [4.78, 5) is 0. The first kappa shape index (κ1) is 8.93. The van der Waals surface area contributed by atoms with Crippen LogP contribution >= 0.6 is 0 Å². The Balaban J connectivity index is 2.41. The molecule has 1 fully saturated rings. The van der Waals surface area contributed by atoms with Crippen LogP contribution in [0.3, 0.4) is 0 Å². The normalized spacial score (nSPS) is 33.0. The van der Waals surface area contributed by atoms with Crippen LogP contribution < -0.4 is 11.5 Å². The smallest absolute Gasteiger partial charge is 0.158 e. The van der Waals surface area contributed by atoms with Crippen molar-refractivity contribution in [1.82, 2.24) is 0 Å². The summed E-state index contributed by atoms with van der Waals surface area (Å²) >= 11 is 0. The van der Waals surface area contributed by atoms with Gasteiger partial charge >= 0.3 is 0 Å². The maximum atomic E-state index is 5.46. The largest absolute Gasteiger partial charge is 0.345 e. The van der Waals surface area contributed by atoms with Gasteiger partial charge in [-0.15, -0.1) is 0 Å². The van der Waals surface area contributed by atoms with Crippen LogP contribution in [0.25, 0.3) is 0 Å². The molecule has 1 aliphatic rings. The lowest BCUT2D eigenvalue weighted by Gasteiger charge is -2.11. The Morgan fingerprint density at radius 1 is 1.09 bits per heavy atom. The van der Waals surface area contributed by atoms with Crippen LogP contribution in [0.1, 0.15) is 13.3 Å². The summed E-state index contributed by atoms with van der Waals surface area (Å²) in [6.07, 6.45) is 0.736. The van der Waals surface area contributed by atoms with E-state index in [-0.39, 0.29) is 18.5 Å². The number of nitrogens with two attached hydrogens (primary N) is 2. The zero-order valence-corrected chi connectivity index (χ0v) is 6.82. The molecule has 0 spiro atoms. The molecule has 4 nitrogen and oxygen atoms in total. The van der Waals surface area contributed by atoms with E-state index in [1.807, 2.05) is 6.92 Å². The van der Waals surface area contributed by atoms with E-state index >= 15 is 0 Å². The zero-order valence-electron chi connectivity index (χ0n) is 6.82. The molecule has 4 heteroatoms. The van der Waals surface area contributed by atoms with E-state index in [9.17, 15) is 0 Å². The van der Waals surface area contributed by atoms with Crippen molar-refractivity contribution >= 4 is 0 Å². The van der Waals surface area contributed by atoms with Crippen molar-refractivity contribution in [3.63, 3.8) is 0 Å². The van der Waals surface area contributed by atoms with Crippen molar-refractivity contribution in [1.29, 1.82) is 0 Å². The van der Waals surface area contributed by atoms with Gasteiger partial charge in [0.05, 0.1) is 0 Å². The van der Waals surface area contributed by atoms with E-state index in [0.717, 1.165) is 6.42 Å². The van der Waals surface area contributed by atoms with Gasteiger partial charge in [0.15, 0.2) is 6.29 Å². The first-order valence-electron chi connectivity index (χ1n) is 4.02. The van der Waals surface area contributed by atoms with Crippen LogP contribution in [0.4, 0.5) is 0 Å². The van der Waals surface area contributed by atoms with Crippen molar-refractivity contribution < 1.29 is 9.47 Å². The van der Waals surface area contributed by atoms with E-state index < -0.39 is 0 Å². The molecular weight excluding hydrogens is 144 g/mol.